The van der Waals surface area contributed by atoms with Gasteiger partial charge < -0.3 is 0 Å². The van der Waals surface area contributed by atoms with Crippen LogP contribution in [0.15, 0.2) is 30.6 Å². The molecule has 0 spiro atoms. The second kappa shape index (κ2) is 3.96. The first-order valence-corrected chi connectivity index (χ1v) is 6.62. The number of aromatic nitrogens is 5. The highest BCUT2D eigenvalue weighted by atomic mass is 32.1. The Labute approximate surface area is 114 Å². The van der Waals surface area contributed by atoms with Gasteiger partial charge in [-0.1, -0.05) is 0 Å². The first-order valence-electron chi connectivity index (χ1n) is 6.21. The lowest BCUT2D eigenvalue weighted by atomic mass is 10.2. The second-order valence-electron chi connectivity index (χ2n) is 4.71. The van der Waals surface area contributed by atoms with Crippen LogP contribution < -0.4 is 0 Å². The summed E-state index contributed by atoms with van der Waals surface area (Å²) in [5, 5.41) is 7.24. The van der Waals surface area contributed by atoms with Crippen LogP contribution in [0.25, 0.3) is 22.4 Å². The smallest absolute Gasteiger partial charge is 0.195 e. The standard InChI is InChI=1S/C13H11N5S/c19-13-17-16-12(18(13)9-2-3-9)8-1-4-10-11(7-8)15-6-5-14-10/h1,4-7,9H,2-3H2,(H,17,19). The molecular formula is C13H11N5S. The van der Waals surface area contributed by atoms with Crippen LogP contribution in [0.5, 0.6) is 0 Å². The Morgan fingerprint density at radius 2 is 1.95 bits per heavy atom. The van der Waals surface area contributed by atoms with Gasteiger partial charge in [0.1, 0.15) is 0 Å². The SMILES string of the molecule is S=c1[nH]nc(-c2ccc3nccnc3c2)n1C1CC1. The van der Waals surface area contributed by atoms with E-state index in [1.165, 1.54) is 12.8 Å². The predicted molar refractivity (Wildman–Crippen MR) is 74.2 cm³/mol. The zero-order chi connectivity index (χ0) is 12.8. The van der Waals surface area contributed by atoms with Crippen LogP contribution in [0.1, 0.15) is 18.9 Å². The Morgan fingerprint density at radius 1 is 1.16 bits per heavy atom. The van der Waals surface area contributed by atoms with E-state index in [4.69, 9.17) is 12.2 Å². The van der Waals surface area contributed by atoms with Crippen LogP contribution in [0, 0.1) is 4.77 Å². The maximum Gasteiger partial charge on any atom is 0.195 e. The lowest BCUT2D eigenvalue weighted by Crippen LogP contribution is -1.97. The number of hydrogen-bond donors (Lipinski definition) is 1. The van der Waals surface area contributed by atoms with Crippen LogP contribution in [0.3, 0.4) is 0 Å². The molecule has 1 N–H and O–H groups in total. The average Bonchev–Trinajstić information content (AvgIpc) is 3.21. The van der Waals surface area contributed by atoms with Gasteiger partial charge in [-0.2, -0.15) is 5.10 Å². The summed E-state index contributed by atoms with van der Waals surface area (Å²) in [6.45, 7) is 0. The molecule has 6 heteroatoms. The Kier molecular flexibility index (Phi) is 2.25. The first kappa shape index (κ1) is 10.8. The number of hydrogen-bond acceptors (Lipinski definition) is 4. The minimum absolute atomic E-state index is 0.499. The van der Waals surface area contributed by atoms with E-state index in [9.17, 15) is 0 Å². The number of aromatic amines is 1. The molecule has 3 aromatic rings. The Morgan fingerprint density at radius 3 is 2.74 bits per heavy atom. The van der Waals surface area contributed by atoms with Crippen molar-refractivity contribution in [2.24, 2.45) is 0 Å². The van der Waals surface area contributed by atoms with E-state index < -0.39 is 0 Å². The maximum absolute atomic E-state index is 5.30. The molecule has 94 valence electrons. The zero-order valence-electron chi connectivity index (χ0n) is 10.1. The fourth-order valence-corrected chi connectivity index (χ4v) is 2.56. The van der Waals surface area contributed by atoms with Gasteiger partial charge in [-0.3, -0.25) is 19.6 Å². The number of H-pyrrole nitrogens is 1. The number of rotatable bonds is 2. The summed E-state index contributed by atoms with van der Waals surface area (Å²) in [6, 6.07) is 6.48. The summed E-state index contributed by atoms with van der Waals surface area (Å²) in [4.78, 5) is 8.60. The molecule has 0 radical (unpaired) electrons. The molecule has 1 saturated carbocycles. The molecule has 1 aliphatic carbocycles. The summed E-state index contributed by atoms with van der Waals surface area (Å²) in [7, 11) is 0. The number of nitrogens with zero attached hydrogens (tertiary/aromatic N) is 4. The highest BCUT2D eigenvalue weighted by Crippen LogP contribution is 2.38. The lowest BCUT2D eigenvalue weighted by Gasteiger charge is -2.05. The zero-order valence-corrected chi connectivity index (χ0v) is 10.9. The molecule has 0 saturated heterocycles. The van der Waals surface area contributed by atoms with Crippen LogP contribution in [-0.4, -0.2) is 24.7 Å². The van der Waals surface area contributed by atoms with Crippen molar-refractivity contribution in [1.29, 1.82) is 0 Å². The molecule has 0 amide bonds. The average molecular weight is 269 g/mol. The highest BCUT2D eigenvalue weighted by molar-refractivity contribution is 7.71. The third kappa shape index (κ3) is 1.76. The molecule has 1 aliphatic rings. The van der Waals surface area contributed by atoms with Crippen molar-refractivity contribution in [3.63, 3.8) is 0 Å². The van der Waals surface area contributed by atoms with E-state index in [2.05, 4.69) is 24.7 Å². The van der Waals surface area contributed by atoms with Crippen LogP contribution in [0.4, 0.5) is 0 Å². The molecule has 5 nitrogen and oxygen atoms in total. The summed E-state index contributed by atoms with van der Waals surface area (Å²) < 4.78 is 2.80. The van der Waals surface area contributed by atoms with Crippen molar-refractivity contribution in [2.75, 3.05) is 0 Å². The van der Waals surface area contributed by atoms with Gasteiger partial charge in [-0.15, -0.1) is 0 Å². The monoisotopic (exact) mass is 269 g/mol. The molecule has 2 heterocycles. The second-order valence-corrected chi connectivity index (χ2v) is 5.10. The Hall–Kier alpha value is -2.08. The molecule has 1 fully saturated rings. The van der Waals surface area contributed by atoms with E-state index in [1.54, 1.807) is 12.4 Å². The molecule has 0 bridgehead atoms. The molecule has 1 aromatic carbocycles. The van der Waals surface area contributed by atoms with Crippen molar-refractivity contribution >= 4 is 23.3 Å². The topological polar surface area (TPSA) is 59.4 Å². The van der Waals surface area contributed by atoms with Gasteiger partial charge in [0.05, 0.1) is 11.0 Å². The quantitative estimate of drug-likeness (QED) is 0.727. The molecule has 0 unspecified atom stereocenters. The summed E-state index contributed by atoms with van der Waals surface area (Å²) in [5.41, 5.74) is 2.78. The van der Waals surface area contributed by atoms with Crippen molar-refractivity contribution < 1.29 is 0 Å². The largest absolute Gasteiger partial charge is 0.297 e. The highest BCUT2D eigenvalue weighted by Gasteiger charge is 2.27. The summed E-state index contributed by atoms with van der Waals surface area (Å²) in [5.74, 6) is 0.889. The van der Waals surface area contributed by atoms with Gasteiger partial charge in [0.25, 0.3) is 0 Å². The maximum atomic E-state index is 5.30. The van der Waals surface area contributed by atoms with Crippen LogP contribution >= 0.6 is 12.2 Å². The van der Waals surface area contributed by atoms with Gasteiger partial charge in [-0.25, -0.2) is 0 Å². The molecular weight excluding hydrogens is 258 g/mol. The Balaban J connectivity index is 1.92. The molecule has 2 aromatic heterocycles. The predicted octanol–water partition coefficient (Wildman–Crippen LogP) is 2.89. The van der Waals surface area contributed by atoms with Crippen molar-refractivity contribution in [2.45, 2.75) is 18.9 Å². The molecule has 0 atom stereocenters. The third-order valence-corrected chi connectivity index (χ3v) is 3.63. The number of fused-ring (bicyclic) bond motifs is 1. The van der Waals surface area contributed by atoms with Crippen molar-refractivity contribution in [3.05, 3.63) is 35.4 Å². The van der Waals surface area contributed by atoms with Gasteiger partial charge in [0, 0.05) is 24.0 Å². The van der Waals surface area contributed by atoms with Crippen molar-refractivity contribution in [3.8, 4) is 11.4 Å². The van der Waals surface area contributed by atoms with E-state index >= 15 is 0 Å². The van der Waals surface area contributed by atoms with Gasteiger partial charge in [0.2, 0.25) is 0 Å². The fraction of sp³-hybridized carbons (Fsp3) is 0.231. The third-order valence-electron chi connectivity index (χ3n) is 3.34. The minimum Gasteiger partial charge on any atom is -0.297 e. The fourth-order valence-electron chi connectivity index (χ4n) is 2.28. The van der Waals surface area contributed by atoms with E-state index in [-0.39, 0.29) is 0 Å². The summed E-state index contributed by atoms with van der Waals surface area (Å²) in [6.07, 6.45) is 5.74. The van der Waals surface area contributed by atoms with E-state index in [0.717, 1.165) is 22.4 Å². The van der Waals surface area contributed by atoms with Gasteiger partial charge >= 0.3 is 0 Å². The van der Waals surface area contributed by atoms with Crippen LogP contribution in [0.2, 0.25) is 0 Å². The van der Waals surface area contributed by atoms with E-state index in [1.807, 2.05) is 18.2 Å². The first-order chi connectivity index (χ1) is 9.33. The Bertz CT molecular complexity index is 815. The van der Waals surface area contributed by atoms with Crippen LogP contribution in [-0.2, 0) is 0 Å². The van der Waals surface area contributed by atoms with Crippen molar-refractivity contribution in [1.82, 2.24) is 24.7 Å². The summed E-state index contributed by atoms with van der Waals surface area (Å²) >= 11 is 5.30. The lowest BCUT2D eigenvalue weighted by molar-refractivity contribution is 0.735. The van der Waals surface area contributed by atoms with E-state index in [0.29, 0.717) is 10.8 Å². The minimum atomic E-state index is 0.499. The molecule has 19 heavy (non-hydrogen) atoms. The normalized spacial score (nSPS) is 14.9. The van der Waals surface area contributed by atoms with Gasteiger partial charge in [-0.05, 0) is 43.3 Å². The molecule has 0 aliphatic heterocycles. The number of nitrogens with one attached hydrogen (secondary N) is 1. The number of benzene rings is 1. The van der Waals surface area contributed by atoms with Gasteiger partial charge in [0.15, 0.2) is 10.6 Å². The molecule has 4 rings (SSSR count).